The van der Waals surface area contributed by atoms with Crippen molar-refractivity contribution < 1.29 is 13.0 Å². The fraction of sp³-hybridized carbons (Fsp3) is 0.200. The van der Waals surface area contributed by atoms with Gasteiger partial charge in [0.25, 0.3) is 10.1 Å². The molecule has 3 rings (SSSR count). The quantitative estimate of drug-likeness (QED) is 0.658. The van der Waals surface area contributed by atoms with Crippen molar-refractivity contribution in [1.29, 1.82) is 0 Å². The topological polar surface area (TPSA) is 54.4 Å². The average molecular weight is 342 g/mol. The average Bonchev–Trinajstić information content (AvgIpc) is 2.61. The molecular weight excluding hydrogens is 320 g/mol. The van der Waals surface area contributed by atoms with Crippen LogP contribution in [0.25, 0.3) is 10.8 Å². The van der Waals surface area contributed by atoms with Gasteiger partial charge in [-0.25, -0.2) is 0 Å². The third-order valence-electron chi connectivity index (χ3n) is 4.01. The first-order chi connectivity index (χ1) is 11.4. The van der Waals surface area contributed by atoms with Gasteiger partial charge in [-0.1, -0.05) is 74.5 Å². The summed E-state index contributed by atoms with van der Waals surface area (Å²) < 4.78 is 29.2. The smallest absolute Gasteiger partial charge is 0.282 e. The van der Waals surface area contributed by atoms with Gasteiger partial charge >= 0.3 is 0 Å². The summed E-state index contributed by atoms with van der Waals surface area (Å²) in [5.74, 6) is 0.654. The van der Waals surface area contributed by atoms with E-state index >= 15 is 0 Å². The maximum atomic E-state index is 10.4. The second kappa shape index (κ2) is 8.08. The van der Waals surface area contributed by atoms with Crippen molar-refractivity contribution in [1.82, 2.24) is 0 Å². The van der Waals surface area contributed by atoms with E-state index in [9.17, 15) is 8.42 Å². The first-order valence-corrected chi connectivity index (χ1v) is 9.37. The largest absolute Gasteiger partial charge is 0.294 e. The molecule has 0 aliphatic carbocycles. The van der Waals surface area contributed by atoms with Gasteiger partial charge in [0.1, 0.15) is 0 Å². The van der Waals surface area contributed by atoms with Crippen LogP contribution in [-0.2, 0) is 10.1 Å². The Labute approximate surface area is 143 Å². The highest BCUT2D eigenvalue weighted by molar-refractivity contribution is 7.85. The fourth-order valence-corrected chi connectivity index (χ4v) is 2.99. The van der Waals surface area contributed by atoms with Crippen LogP contribution in [0.4, 0.5) is 0 Å². The number of rotatable bonds is 3. The van der Waals surface area contributed by atoms with E-state index in [1.54, 1.807) is 18.2 Å². The molecule has 3 aromatic rings. The molecule has 4 heteroatoms. The zero-order valence-corrected chi connectivity index (χ0v) is 14.7. The molecule has 0 saturated carbocycles. The molecule has 3 nitrogen and oxygen atoms in total. The van der Waals surface area contributed by atoms with E-state index in [-0.39, 0.29) is 4.90 Å². The van der Waals surface area contributed by atoms with E-state index < -0.39 is 10.1 Å². The van der Waals surface area contributed by atoms with Crippen LogP contribution in [0.5, 0.6) is 0 Å². The van der Waals surface area contributed by atoms with Gasteiger partial charge in [-0.15, -0.1) is 0 Å². The van der Waals surface area contributed by atoms with Crippen LogP contribution in [0.2, 0.25) is 0 Å². The van der Waals surface area contributed by atoms with E-state index in [4.69, 9.17) is 4.55 Å². The molecule has 0 saturated heterocycles. The van der Waals surface area contributed by atoms with Gasteiger partial charge in [-0.05, 0) is 40.8 Å². The predicted molar refractivity (Wildman–Crippen MR) is 98.9 cm³/mol. The maximum Gasteiger partial charge on any atom is 0.294 e. The Bertz CT molecular complexity index is 882. The highest BCUT2D eigenvalue weighted by atomic mass is 32.2. The normalized spacial score (nSPS) is 12.3. The lowest BCUT2D eigenvalue weighted by molar-refractivity contribution is 0.483. The zero-order valence-electron chi connectivity index (χ0n) is 13.9. The molecule has 0 fully saturated rings. The van der Waals surface area contributed by atoms with Gasteiger partial charge in [-0.3, -0.25) is 4.55 Å². The first-order valence-electron chi connectivity index (χ1n) is 7.93. The van der Waals surface area contributed by atoms with Gasteiger partial charge in [-0.2, -0.15) is 8.42 Å². The standard InChI is InChI=1S/C14H16.C6H6O3S/c1-3-11(2)13-10-6-8-12-7-4-5-9-14(12)13;7-10(8,9)6-4-2-1-3-5-6/h4-11H,3H2,1-2H3;1-5H,(H,7,8,9). The molecule has 0 bridgehead atoms. The Morgan fingerprint density at radius 1 is 0.875 bits per heavy atom. The summed E-state index contributed by atoms with van der Waals surface area (Å²) in [5, 5.41) is 2.76. The predicted octanol–water partition coefficient (Wildman–Crippen LogP) is 5.29. The van der Waals surface area contributed by atoms with Gasteiger partial charge in [0.05, 0.1) is 4.90 Å². The first kappa shape index (κ1) is 18.2. The Morgan fingerprint density at radius 2 is 1.46 bits per heavy atom. The van der Waals surface area contributed by atoms with Crippen LogP contribution in [0, 0.1) is 0 Å². The zero-order chi connectivity index (χ0) is 17.6. The van der Waals surface area contributed by atoms with Crippen LogP contribution >= 0.6 is 0 Å². The van der Waals surface area contributed by atoms with Crippen molar-refractivity contribution in [2.45, 2.75) is 31.1 Å². The van der Waals surface area contributed by atoms with Crippen LogP contribution < -0.4 is 0 Å². The van der Waals surface area contributed by atoms with Crippen molar-refractivity contribution in [3.8, 4) is 0 Å². The molecule has 0 spiro atoms. The van der Waals surface area contributed by atoms with Crippen molar-refractivity contribution >= 4 is 20.9 Å². The molecule has 24 heavy (non-hydrogen) atoms. The van der Waals surface area contributed by atoms with E-state index in [1.165, 1.54) is 34.9 Å². The Morgan fingerprint density at radius 3 is 2.04 bits per heavy atom. The molecule has 0 radical (unpaired) electrons. The molecule has 0 heterocycles. The molecule has 1 atom stereocenters. The summed E-state index contributed by atoms with van der Waals surface area (Å²) >= 11 is 0. The lowest BCUT2D eigenvalue weighted by atomic mass is 9.93. The molecule has 0 amide bonds. The van der Waals surface area contributed by atoms with E-state index in [0.717, 1.165) is 0 Å². The van der Waals surface area contributed by atoms with Crippen molar-refractivity contribution in [2.24, 2.45) is 0 Å². The van der Waals surface area contributed by atoms with Crippen molar-refractivity contribution in [3.05, 3.63) is 78.4 Å². The minimum Gasteiger partial charge on any atom is -0.282 e. The summed E-state index contributed by atoms with van der Waals surface area (Å²) in [6, 6.07) is 22.6. The van der Waals surface area contributed by atoms with Crippen LogP contribution in [0.1, 0.15) is 31.7 Å². The lowest BCUT2D eigenvalue weighted by Crippen LogP contribution is -1.96. The number of hydrogen-bond donors (Lipinski definition) is 1. The second-order valence-corrected chi connectivity index (χ2v) is 7.09. The molecule has 1 unspecified atom stereocenters. The van der Waals surface area contributed by atoms with E-state index in [2.05, 4.69) is 56.3 Å². The molecule has 1 N–H and O–H groups in total. The van der Waals surface area contributed by atoms with E-state index in [0.29, 0.717) is 5.92 Å². The minimum atomic E-state index is -4.00. The van der Waals surface area contributed by atoms with Crippen LogP contribution in [0.3, 0.4) is 0 Å². The SMILES string of the molecule is CCC(C)c1cccc2ccccc12.O=S(=O)(O)c1ccccc1. The molecule has 0 aromatic heterocycles. The summed E-state index contributed by atoms with van der Waals surface area (Å²) in [7, 11) is -4.00. The summed E-state index contributed by atoms with van der Waals surface area (Å²) in [6.07, 6.45) is 1.20. The van der Waals surface area contributed by atoms with Gasteiger partial charge in [0.2, 0.25) is 0 Å². The molecular formula is C20H22O3S. The van der Waals surface area contributed by atoms with Crippen molar-refractivity contribution in [3.63, 3.8) is 0 Å². The highest BCUT2D eigenvalue weighted by Crippen LogP contribution is 2.26. The van der Waals surface area contributed by atoms with Gasteiger partial charge in [0.15, 0.2) is 0 Å². The van der Waals surface area contributed by atoms with Crippen LogP contribution in [-0.4, -0.2) is 13.0 Å². The number of benzene rings is 3. The summed E-state index contributed by atoms with van der Waals surface area (Å²) in [6.45, 7) is 4.54. The highest BCUT2D eigenvalue weighted by Gasteiger charge is 2.06. The summed E-state index contributed by atoms with van der Waals surface area (Å²) in [5.41, 5.74) is 1.48. The van der Waals surface area contributed by atoms with Crippen molar-refractivity contribution in [2.75, 3.05) is 0 Å². The molecule has 0 aliphatic heterocycles. The minimum absolute atomic E-state index is 0.0741. The fourth-order valence-electron chi connectivity index (χ4n) is 2.49. The Balaban J connectivity index is 0.000000185. The number of hydrogen-bond acceptors (Lipinski definition) is 2. The maximum absolute atomic E-state index is 10.4. The second-order valence-electron chi connectivity index (χ2n) is 5.67. The van der Waals surface area contributed by atoms with Gasteiger partial charge in [0, 0.05) is 0 Å². The van der Waals surface area contributed by atoms with Gasteiger partial charge < -0.3 is 0 Å². The number of fused-ring (bicyclic) bond motifs is 1. The monoisotopic (exact) mass is 342 g/mol. The summed E-state index contributed by atoms with van der Waals surface area (Å²) in [4.78, 5) is -0.0741. The van der Waals surface area contributed by atoms with E-state index in [1.807, 2.05) is 0 Å². The lowest BCUT2D eigenvalue weighted by Gasteiger charge is -2.12. The molecule has 126 valence electrons. The third-order valence-corrected chi connectivity index (χ3v) is 4.88. The molecule has 3 aromatic carbocycles. The third kappa shape index (κ3) is 4.66. The van der Waals surface area contributed by atoms with Crippen LogP contribution in [0.15, 0.2) is 77.7 Å². The molecule has 0 aliphatic rings. The Kier molecular flexibility index (Phi) is 6.12. The Hall–Kier alpha value is -2.17.